The second-order valence-electron chi connectivity index (χ2n) is 4.17. The predicted octanol–water partition coefficient (Wildman–Crippen LogP) is 5.48. The molecule has 0 aliphatic carbocycles. The monoisotopic (exact) mass is 196 g/mol. The Bertz CT molecular complexity index is 99.2. The molecule has 0 rings (SSSR count). The predicted molar refractivity (Wildman–Crippen MR) is 66.7 cm³/mol. The summed E-state index contributed by atoms with van der Waals surface area (Å²) in [4.78, 5) is 0. The molecule has 14 heavy (non-hydrogen) atoms. The molecule has 0 spiro atoms. The minimum Gasteiger partial charge on any atom is -0.0885 e. The maximum absolute atomic E-state index is 2.38. The molecule has 0 amide bonds. The highest BCUT2D eigenvalue weighted by Gasteiger charge is 1.86. The van der Waals surface area contributed by atoms with E-state index in [0.29, 0.717) is 0 Å². The molecule has 0 atom stereocenters. The minimum absolute atomic E-state index is 1.30. The maximum atomic E-state index is 2.38. The number of hydrogen-bond acceptors (Lipinski definition) is 0. The van der Waals surface area contributed by atoms with Crippen molar-refractivity contribution in [3.63, 3.8) is 0 Å². The first-order valence-electron chi connectivity index (χ1n) is 6.56. The zero-order valence-corrected chi connectivity index (χ0v) is 10.2. The van der Waals surface area contributed by atoms with E-state index in [1.54, 1.807) is 0 Å². The second kappa shape index (κ2) is 12.7. The molecular weight excluding hydrogens is 168 g/mol. The van der Waals surface area contributed by atoms with E-state index in [-0.39, 0.29) is 0 Å². The lowest BCUT2D eigenvalue weighted by Crippen LogP contribution is -1.75. The zero-order chi connectivity index (χ0) is 10.5. The summed E-state index contributed by atoms with van der Waals surface area (Å²) in [7, 11) is 0. The molecule has 0 nitrogen and oxygen atoms in total. The minimum atomic E-state index is 1.30. The van der Waals surface area contributed by atoms with Crippen LogP contribution in [0.5, 0.6) is 0 Å². The van der Waals surface area contributed by atoms with Crippen molar-refractivity contribution in [2.24, 2.45) is 0 Å². The van der Waals surface area contributed by atoms with Gasteiger partial charge in [-0.1, -0.05) is 64.5 Å². The Labute approximate surface area is 90.8 Å². The van der Waals surface area contributed by atoms with Gasteiger partial charge in [0.2, 0.25) is 0 Å². The molecular formula is C14H28. The van der Waals surface area contributed by atoms with Gasteiger partial charge in [0.25, 0.3) is 0 Å². The second-order valence-corrected chi connectivity index (χ2v) is 4.17. The number of unbranched alkanes of at least 4 members (excludes halogenated alkanes) is 8. The van der Waals surface area contributed by atoms with E-state index < -0.39 is 0 Å². The van der Waals surface area contributed by atoms with Crippen LogP contribution in [0.15, 0.2) is 12.2 Å². The molecule has 0 aliphatic rings. The largest absolute Gasteiger partial charge is 0.0885 e. The van der Waals surface area contributed by atoms with E-state index in [1.165, 1.54) is 64.2 Å². The van der Waals surface area contributed by atoms with Gasteiger partial charge < -0.3 is 0 Å². The highest BCUT2D eigenvalue weighted by molar-refractivity contribution is 4.81. The topological polar surface area (TPSA) is 0 Å². The van der Waals surface area contributed by atoms with Gasteiger partial charge in [0.1, 0.15) is 0 Å². The average Bonchev–Trinajstić information content (AvgIpc) is 2.21. The Hall–Kier alpha value is -0.260. The molecule has 0 heteroatoms. The van der Waals surface area contributed by atoms with Crippen LogP contribution in [0, 0.1) is 0 Å². The van der Waals surface area contributed by atoms with Gasteiger partial charge >= 0.3 is 0 Å². The van der Waals surface area contributed by atoms with Gasteiger partial charge in [0.05, 0.1) is 0 Å². The highest BCUT2D eigenvalue weighted by Crippen LogP contribution is 2.05. The van der Waals surface area contributed by atoms with Gasteiger partial charge in [-0.2, -0.15) is 0 Å². The van der Waals surface area contributed by atoms with Gasteiger partial charge in [0.15, 0.2) is 0 Å². The van der Waals surface area contributed by atoms with Crippen molar-refractivity contribution >= 4 is 0 Å². The Morgan fingerprint density at radius 2 is 1.00 bits per heavy atom. The summed E-state index contributed by atoms with van der Waals surface area (Å²) in [5.74, 6) is 0. The lowest BCUT2D eigenvalue weighted by Gasteiger charge is -1.95. The number of hydrogen-bond donors (Lipinski definition) is 0. The smallest absolute Gasteiger partial charge is 0.0351 e. The van der Waals surface area contributed by atoms with Crippen molar-refractivity contribution in [3.8, 4) is 0 Å². The average molecular weight is 196 g/mol. The molecule has 0 saturated heterocycles. The molecule has 0 bridgehead atoms. The van der Waals surface area contributed by atoms with Crippen LogP contribution in [-0.2, 0) is 0 Å². The standard InChI is InChI=1S/C14H28/c1-3-5-7-9-11-13-14-12-10-8-6-4-2/h13-14H,3-12H2,1-2H3/b14-13+. The molecule has 0 aromatic carbocycles. The van der Waals surface area contributed by atoms with E-state index in [2.05, 4.69) is 26.0 Å². The third-order valence-corrected chi connectivity index (χ3v) is 2.62. The van der Waals surface area contributed by atoms with Crippen molar-refractivity contribution in [1.29, 1.82) is 0 Å². The summed E-state index contributed by atoms with van der Waals surface area (Å²) in [6.07, 6.45) is 18.5. The van der Waals surface area contributed by atoms with Crippen LogP contribution in [0.3, 0.4) is 0 Å². The van der Waals surface area contributed by atoms with Gasteiger partial charge in [-0.25, -0.2) is 0 Å². The van der Waals surface area contributed by atoms with Crippen molar-refractivity contribution < 1.29 is 0 Å². The van der Waals surface area contributed by atoms with Crippen LogP contribution >= 0.6 is 0 Å². The third kappa shape index (κ3) is 11.7. The summed E-state index contributed by atoms with van der Waals surface area (Å²) in [5, 5.41) is 0. The van der Waals surface area contributed by atoms with Crippen LogP contribution in [0.25, 0.3) is 0 Å². The molecule has 0 aliphatic heterocycles. The molecule has 0 N–H and O–H groups in total. The van der Waals surface area contributed by atoms with E-state index in [4.69, 9.17) is 0 Å². The van der Waals surface area contributed by atoms with Crippen molar-refractivity contribution in [1.82, 2.24) is 0 Å². The molecule has 0 unspecified atom stereocenters. The fourth-order valence-corrected chi connectivity index (χ4v) is 1.61. The Morgan fingerprint density at radius 1 is 0.571 bits per heavy atom. The van der Waals surface area contributed by atoms with Gasteiger partial charge in [0, 0.05) is 0 Å². The summed E-state index contributed by atoms with van der Waals surface area (Å²) < 4.78 is 0. The fourth-order valence-electron chi connectivity index (χ4n) is 1.61. The molecule has 0 fully saturated rings. The van der Waals surface area contributed by atoms with E-state index >= 15 is 0 Å². The Balaban J connectivity index is 2.96. The lowest BCUT2D eigenvalue weighted by molar-refractivity contribution is 0.665. The van der Waals surface area contributed by atoms with Crippen LogP contribution in [-0.4, -0.2) is 0 Å². The van der Waals surface area contributed by atoms with Crippen molar-refractivity contribution in [2.75, 3.05) is 0 Å². The van der Waals surface area contributed by atoms with Gasteiger partial charge in [-0.05, 0) is 25.7 Å². The normalized spacial score (nSPS) is 11.3. The highest BCUT2D eigenvalue weighted by atomic mass is 13.9. The summed E-state index contributed by atoms with van der Waals surface area (Å²) in [5.41, 5.74) is 0. The van der Waals surface area contributed by atoms with Crippen LogP contribution in [0.4, 0.5) is 0 Å². The first kappa shape index (κ1) is 13.7. The van der Waals surface area contributed by atoms with Gasteiger partial charge in [-0.3, -0.25) is 0 Å². The first-order valence-corrected chi connectivity index (χ1v) is 6.56. The van der Waals surface area contributed by atoms with Crippen LogP contribution < -0.4 is 0 Å². The molecule has 0 aromatic heterocycles. The SMILES string of the molecule is CCCCCC/C=C/CCCCCC. The van der Waals surface area contributed by atoms with Crippen LogP contribution in [0.1, 0.15) is 78.1 Å². The third-order valence-electron chi connectivity index (χ3n) is 2.62. The lowest BCUT2D eigenvalue weighted by atomic mass is 10.1. The van der Waals surface area contributed by atoms with E-state index in [1.807, 2.05) is 0 Å². The number of allylic oxidation sites excluding steroid dienone is 2. The fraction of sp³-hybridized carbons (Fsp3) is 0.857. The summed E-state index contributed by atoms with van der Waals surface area (Å²) in [6, 6.07) is 0. The molecule has 0 heterocycles. The van der Waals surface area contributed by atoms with Crippen molar-refractivity contribution in [3.05, 3.63) is 12.2 Å². The molecule has 0 aromatic rings. The van der Waals surface area contributed by atoms with E-state index in [0.717, 1.165) is 0 Å². The van der Waals surface area contributed by atoms with Crippen molar-refractivity contribution in [2.45, 2.75) is 78.1 Å². The first-order chi connectivity index (χ1) is 6.91. The Morgan fingerprint density at radius 3 is 1.36 bits per heavy atom. The maximum Gasteiger partial charge on any atom is -0.0351 e. The molecule has 84 valence electrons. The van der Waals surface area contributed by atoms with E-state index in [9.17, 15) is 0 Å². The summed E-state index contributed by atoms with van der Waals surface area (Å²) >= 11 is 0. The number of rotatable bonds is 10. The molecule has 0 saturated carbocycles. The quantitative estimate of drug-likeness (QED) is 0.320. The summed E-state index contributed by atoms with van der Waals surface area (Å²) in [6.45, 7) is 4.53. The Kier molecular flexibility index (Phi) is 12.5. The van der Waals surface area contributed by atoms with Gasteiger partial charge in [-0.15, -0.1) is 0 Å². The van der Waals surface area contributed by atoms with Crippen LogP contribution in [0.2, 0.25) is 0 Å². The molecule has 0 radical (unpaired) electrons. The zero-order valence-electron chi connectivity index (χ0n) is 10.2.